The molecule has 1 aromatic heterocycles. The zero-order valence-electron chi connectivity index (χ0n) is 10.7. The first-order chi connectivity index (χ1) is 8.21. The minimum Gasteiger partial charge on any atom is -0.375 e. The van der Waals surface area contributed by atoms with E-state index in [-0.39, 0.29) is 18.8 Å². The van der Waals surface area contributed by atoms with Crippen molar-refractivity contribution in [1.29, 1.82) is 0 Å². The average molecular weight is 316 g/mol. The van der Waals surface area contributed by atoms with Gasteiger partial charge in [-0.3, -0.25) is 4.90 Å². The normalized spacial score (nSPS) is 23.3. The number of hydrogen-bond acceptors (Lipinski definition) is 4. The number of likely N-dealkylation sites (tertiary alicyclic amines) is 1. The molecule has 0 aromatic carbocycles. The summed E-state index contributed by atoms with van der Waals surface area (Å²) in [5.74, 6) is -1.27. The van der Waals surface area contributed by atoms with Crippen LogP contribution in [0.5, 0.6) is 0 Å². The van der Waals surface area contributed by atoms with Crippen LogP contribution < -0.4 is 5.73 Å². The number of hydrogen-bond donors (Lipinski definition) is 1. The number of nitrogen functional groups attached to an aromatic ring is 1. The lowest BCUT2D eigenvalue weighted by atomic mass is 9.88. The van der Waals surface area contributed by atoms with Gasteiger partial charge < -0.3 is 5.73 Å². The highest BCUT2D eigenvalue weighted by molar-refractivity contribution is 7.15. The number of halogens is 4. The standard InChI is InChI=1S/C11H16F3N3S.ClH/c1-10(2)8(11(12,13)14)3-4-17(10)6-7-5-16-9(15)18-7;/h5,8H,3-4,6H2,1-2H3,(H2,15,16);1H. The predicted molar refractivity (Wildman–Crippen MR) is 72.4 cm³/mol. The first kappa shape index (κ1) is 16.5. The van der Waals surface area contributed by atoms with Crippen LogP contribution in [0.25, 0.3) is 0 Å². The van der Waals surface area contributed by atoms with Crippen LogP contribution in [0, 0.1) is 5.92 Å². The van der Waals surface area contributed by atoms with Crippen molar-refractivity contribution >= 4 is 28.9 Å². The lowest BCUT2D eigenvalue weighted by Gasteiger charge is -2.36. The Kier molecular flexibility index (Phi) is 4.75. The quantitative estimate of drug-likeness (QED) is 0.910. The molecule has 110 valence electrons. The second-order valence-corrected chi connectivity index (χ2v) is 6.27. The van der Waals surface area contributed by atoms with Crippen LogP contribution in [-0.2, 0) is 6.54 Å². The van der Waals surface area contributed by atoms with Crippen LogP contribution in [0.2, 0.25) is 0 Å². The molecule has 8 heteroatoms. The number of aromatic nitrogens is 1. The molecule has 3 nitrogen and oxygen atoms in total. The highest BCUT2D eigenvalue weighted by Gasteiger charge is 2.54. The van der Waals surface area contributed by atoms with Crippen molar-refractivity contribution in [2.45, 2.75) is 38.5 Å². The van der Waals surface area contributed by atoms with Crippen molar-refractivity contribution in [3.8, 4) is 0 Å². The molecule has 2 heterocycles. The summed E-state index contributed by atoms with van der Waals surface area (Å²) in [4.78, 5) is 6.69. The molecule has 1 fully saturated rings. The van der Waals surface area contributed by atoms with Crippen molar-refractivity contribution in [3.05, 3.63) is 11.1 Å². The Hall–Kier alpha value is -0.530. The molecule has 0 spiro atoms. The molecular weight excluding hydrogens is 299 g/mol. The lowest BCUT2D eigenvalue weighted by molar-refractivity contribution is -0.191. The smallest absolute Gasteiger partial charge is 0.375 e. The maximum Gasteiger partial charge on any atom is 0.393 e. The number of nitrogens with two attached hydrogens (primary N) is 1. The second kappa shape index (κ2) is 5.46. The van der Waals surface area contributed by atoms with E-state index in [0.29, 0.717) is 18.2 Å². The summed E-state index contributed by atoms with van der Waals surface area (Å²) in [6.45, 7) is 4.24. The van der Waals surface area contributed by atoms with E-state index in [1.165, 1.54) is 11.3 Å². The van der Waals surface area contributed by atoms with Gasteiger partial charge in [0.2, 0.25) is 0 Å². The Morgan fingerprint density at radius 2 is 2.16 bits per heavy atom. The van der Waals surface area contributed by atoms with Crippen LogP contribution in [0.1, 0.15) is 25.1 Å². The highest BCUT2D eigenvalue weighted by Crippen LogP contribution is 2.45. The van der Waals surface area contributed by atoms with Gasteiger partial charge in [0.15, 0.2) is 5.13 Å². The summed E-state index contributed by atoms with van der Waals surface area (Å²) in [6.07, 6.45) is -2.34. The molecule has 1 saturated heterocycles. The topological polar surface area (TPSA) is 42.2 Å². The summed E-state index contributed by atoms with van der Waals surface area (Å²) in [5.41, 5.74) is 4.65. The number of anilines is 1. The van der Waals surface area contributed by atoms with E-state index in [9.17, 15) is 13.2 Å². The third-order valence-corrected chi connectivity index (χ3v) is 4.48. The van der Waals surface area contributed by atoms with Gasteiger partial charge in [-0.2, -0.15) is 13.2 Å². The van der Waals surface area contributed by atoms with Gasteiger partial charge in [-0.15, -0.1) is 23.7 Å². The molecule has 2 rings (SSSR count). The van der Waals surface area contributed by atoms with E-state index in [4.69, 9.17) is 5.73 Å². The van der Waals surface area contributed by atoms with Gasteiger partial charge in [0.05, 0.1) is 5.92 Å². The van der Waals surface area contributed by atoms with E-state index < -0.39 is 17.6 Å². The Balaban J connectivity index is 0.00000180. The highest BCUT2D eigenvalue weighted by atomic mass is 35.5. The largest absolute Gasteiger partial charge is 0.393 e. The third-order valence-electron chi connectivity index (χ3n) is 3.67. The molecule has 2 N–H and O–H groups in total. The van der Waals surface area contributed by atoms with Crippen molar-refractivity contribution in [2.75, 3.05) is 12.3 Å². The second-order valence-electron chi connectivity index (χ2n) is 5.12. The van der Waals surface area contributed by atoms with E-state index in [2.05, 4.69) is 4.98 Å². The van der Waals surface area contributed by atoms with E-state index >= 15 is 0 Å². The first-order valence-electron chi connectivity index (χ1n) is 5.73. The molecule has 1 aliphatic rings. The molecule has 1 aliphatic heterocycles. The average Bonchev–Trinajstić information content (AvgIpc) is 2.71. The van der Waals surface area contributed by atoms with E-state index in [0.717, 1.165) is 4.88 Å². The van der Waals surface area contributed by atoms with Gasteiger partial charge >= 0.3 is 6.18 Å². The molecular formula is C11H17ClF3N3S. The van der Waals surface area contributed by atoms with Crippen LogP contribution in [0.3, 0.4) is 0 Å². The summed E-state index contributed by atoms with van der Waals surface area (Å²) in [6, 6.07) is 0. The zero-order chi connectivity index (χ0) is 13.6. The van der Waals surface area contributed by atoms with Crippen LogP contribution in [-0.4, -0.2) is 28.1 Å². The Bertz CT molecular complexity index is 433. The van der Waals surface area contributed by atoms with Gasteiger partial charge in [-0.25, -0.2) is 4.98 Å². The number of alkyl halides is 3. The third kappa shape index (κ3) is 3.32. The fourth-order valence-electron chi connectivity index (χ4n) is 2.58. The predicted octanol–water partition coefficient (Wildman–Crippen LogP) is 3.31. The number of nitrogens with zero attached hydrogens (tertiary/aromatic N) is 2. The zero-order valence-corrected chi connectivity index (χ0v) is 12.3. The molecule has 1 aromatic rings. The molecule has 0 aliphatic carbocycles. The fraction of sp³-hybridized carbons (Fsp3) is 0.727. The Morgan fingerprint density at radius 1 is 1.53 bits per heavy atom. The van der Waals surface area contributed by atoms with Crippen LogP contribution >= 0.6 is 23.7 Å². The maximum atomic E-state index is 12.9. The fourth-order valence-corrected chi connectivity index (χ4v) is 3.28. The molecule has 1 unspecified atom stereocenters. The van der Waals surface area contributed by atoms with Crippen molar-refractivity contribution in [2.24, 2.45) is 5.92 Å². The Morgan fingerprint density at radius 3 is 2.58 bits per heavy atom. The van der Waals surface area contributed by atoms with Gasteiger partial charge in [0.1, 0.15) is 0 Å². The van der Waals surface area contributed by atoms with Crippen LogP contribution in [0.15, 0.2) is 6.20 Å². The van der Waals surface area contributed by atoms with E-state index in [1.807, 2.05) is 4.90 Å². The summed E-state index contributed by atoms with van der Waals surface area (Å²) in [5, 5.41) is 0.453. The lowest BCUT2D eigenvalue weighted by Crippen LogP contribution is -2.46. The summed E-state index contributed by atoms with van der Waals surface area (Å²) < 4.78 is 38.7. The molecule has 0 radical (unpaired) electrons. The molecule has 0 bridgehead atoms. The minimum atomic E-state index is -4.13. The van der Waals surface area contributed by atoms with Gasteiger partial charge in [0.25, 0.3) is 0 Å². The molecule has 19 heavy (non-hydrogen) atoms. The SMILES string of the molecule is CC1(C)C(C(F)(F)F)CCN1Cc1cnc(N)s1.Cl. The molecule has 0 saturated carbocycles. The van der Waals surface area contributed by atoms with Crippen molar-refractivity contribution < 1.29 is 13.2 Å². The van der Waals surface area contributed by atoms with Gasteiger partial charge in [0, 0.05) is 23.2 Å². The van der Waals surface area contributed by atoms with Gasteiger partial charge in [-0.05, 0) is 26.8 Å². The number of rotatable bonds is 2. The maximum absolute atomic E-state index is 12.9. The van der Waals surface area contributed by atoms with Crippen LogP contribution in [0.4, 0.5) is 18.3 Å². The van der Waals surface area contributed by atoms with Crippen molar-refractivity contribution in [1.82, 2.24) is 9.88 Å². The Labute approximate surface area is 120 Å². The first-order valence-corrected chi connectivity index (χ1v) is 6.55. The molecule has 0 amide bonds. The van der Waals surface area contributed by atoms with Gasteiger partial charge in [-0.1, -0.05) is 0 Å². The minimum absolute atomic E-state index is 0. The van der Waals surface area contributed by atoms with E-state index in [1.54, 1.807) is 20.0 Å². The summed E-state index contributed by atoms with van der Waals surface area (Å²) in [7, 11) is 0. The molecule has 1 atom stereocenters. The summed E-state index contributed by atoms with van der Waals surface area (Å²) >= 11 is 1.33. The monoisotopic (exact) mass is 315 g/mol. The number of thiazole rings is 1. The van der Waals surface area contributed by atoms with Crippen molar-refractivity contribution in [3.63, 3.8) is 0 Å².